The Morgan fingerprint density at radius 2 is 1.77 bits per heavy atom. The van der Waals surface area contributed by atoms with E-state index in [9.17, 15) is 9.90 Å². The number of carbonyl (C=O) groups is 1. The standard InChI is InChI=1S/C24H19Cl2N3O2/c25-17-7-10-22(19(26)13-17)29-23(16-5-8-18(30)9-6-16)14-20(27-29)24(31)28-12-11-15-3-1-2-4-21(15)28/h1-10,13,23,30H,11-12,14H2. The molecule has 0 bridgehead atoms. The normalized spacial score (nSPS) is 17.6. The molecule has 1 atom stereocenters. The van der Waals surface area contributed by atoms with Crippen molar-refractivity contribution in [2.75, 3.05) is 16.5 Å². The summed E-state index contributed by atoms with van der Waals surface area (Å²) < 4.78 is 0. The molecule has 3 aromatic rings. The highest BCUT2D eigenvalue weighted by Crippen LogP contribution is 2.40. The van der Waals surface area contributed by atoms with Crippen molar-refractivity contribution in [1.29, 1.82) is 0 Å². The molecule has 0 spiro atoms. The fourth-order valence-electron chi connectivity index (χ4n) is 4.19. The van der Waals surface area contributed by atoms with E-state index < -0.39 is 0 Å². The molecule has 7 heteroatoms. The fourth-order valence-corrected chi connectivity index (χ4v) is 4.68. The number of para-hydroxylation sites is 1. The topological polar surface area (TPSA) is 56.1 Å². The number of phenolic OH excluding ortho intramolecular Hbond substituents is 1. The quantitative estimate of drug-likeness (QED) is 0.563. The van der Waals surface area contributed by atoms with Gasteiger partial charge in [-0.3, -0.25) is 9.80 Å². The molecule has 31 heavy (non-hydrogen) atoms. The summed E-state index contributed by atoms with van der Waals surface area (Å²) in [6, 6.07) is 19.9. The number of amides is 1. The van der Waals surface area contributed by atoms with Crippen LogP contribution >= 0.6 is 23.2 Å². The average molecular weight is 452 g/mol. The largest absolute Gasteiger partial charge is 0.508 e. The number of aromatic hydroxyl groups is 1. The van der Waals surface area contributed by atoms with Gasteiger partial charge in [-0.1, -0.05) is 53.5 Å². The van der Waals surface area contributed by atoms with Gasteiger partial charge < -0.3 is 10.0 Å². The molecule has 0 aliphatic carbocycles. The Morgan fingerprint density at radius 3 is 2.55 bits per heavy atom. The highest BCUT2D eigenvalue weighted by molar-refractivity contribution is 6.45. The Labute approximate surface area is 190 Å². The molecule has 5 rings (SSSR count). The van der Waals surface area contributed by atoms with Crippen LogP contribution in [0.3, 0.4) is 0 Å². The van der Waals surface area contributed by atoms with Crippen LogP contribution in [0.1, 0.15) is 23.6 Å². The first-order valence-electron chi connectivity index (χ1n) is 10.0. The van der Waals surface area contributed by atoms with Crippen molar-refractivity contribution in [3.05, 3.63) is 87.9 Å². The first-order valence-corrected chi connectivity index (χ1v) is 10.8. The van der Waals surface area contributed by atoms with Crippen LogP contribution in [0, 0.1) is 0 Å². The van der Waals surface area contributed by atoms with Crippen LogP contribution in [0.15, 0.2) is 71.8 Å². The van der Waals surface area contributed by atoms with Crippen molar-refractivity contribution >= 4 is 46.2 Å². The number of carbonyl (C=O) groups excluding carboxylic acids is 1. The van der Waals surface area contributed by atoms with Crippen molar-refractivity contribution in [3.8, 4) is 5.75 Å². The molecule has 2 aliphatic heterocycles. The number of phenols is 1. The van der Waals surface area contributed by atoms with E-state index in [1.54, 1.807) is 40.2 Å². The molecular formula is C24H19Cl2N3O2. The number of halogens is 2. The van der Waals surface area contributed by atoms with Crippen LogP contribution in [0.4, 0.5) is 11.4 Å². The minimum Gasteiger partial charge on any atom is -0.508 e. The van der Waals surface area contributed by atoms with Crippen LogP contribution in [-0.4, -0.2) is 23.3 Å². The van der Waals surface area contributed by atoms with Gasteiger partial charge in [0.15, 0.2) is 0 Å². The van der Waals surface area contributed by atoms with E-state index in [0.29, 0.717) is 34.4 Å². The first-order chi connectivity index (χ1) is 15.0. The van der Waals surface area contributed by atoms with E-state index in [1.807, 2.05) is 30.3 Å². The van der Waals surface area contributed by atoms with Crippen molar-refractivity contribution in [2.24, 2.45) is 5.10 Å². The minimum absolute atomic E-state index is 0.0960. The highest BCUT2D eigenvalue weighted by atomic mass is 35.5. The molecule has 0 saturated carbocycles. The maximum Gasteiger partial charge on any atom is 0.274 e. The minimum atomic E-state index is -0.226. The lowest BCUT2D eigenvalue weighted by Gasteiger charge is -2.25. The molecular weight excluding hydrogens is 433 g/mol. The average Bonchev–Trinajstić information content (AvgIpc) is 3.39. The number of anilines is 2. The predicted molar refractivity (Wildman–Crippen MR) is 124 cm³/mol. The fraction of sp³-hybridized carbons (Fsp3) is 0.167. The molecule has 2 heterocycles. The summed E-state index contributed by atoms with van der Waals surface area (Å²) >= 11 is 12.6. The molecule has 1 amide bonds. The second kappa shape index (κ2) is 7.91. The zero-order valence-electron chi connectivity index (χ0n) is 16.5. The summed E-state index contributed by atoms with van der Waals surface area (Å²) in [4.78, 5) is 15.2. The Hall–Kier alpha value is -3.02. The van der Waals surface area contributed by atoms with Gasteiger partial charge in [0.25, 0.3) is 5.91 Å². The molecule has 2 aliphatic rings. The Morgan fingerprint density at radius 1 is 1.00 bits per heavy atom. The molecule has 0 radical (unpaired) electrons. The summed E-state index contributed by atoms with van der Waals surface area (Å²) in [6.45, 7) is 0.642. The van der Waals surface area contributed by atoms with Crippen LogP contribution in [0.5, 0.6) is 5.75 Å². The van der Waals surface area contributed by atoms with E-state index >= 15 is 0 Å². The maximum absolute atomic E-state index is 13.4. The first kappa shape index (κ1) is 19.9. The number of hydrogen-bond donors (Lipinski definition) is 1. The molecule has 156 valence electrons. The van der Waals surface area contributed by atoms with Gasteiger partial charge in [0.1, 0.15) is 11.5 Å². The monoisotopic (exact) mass is 451 g/mol. The van der Waals surface area contributed by atoms with Gasteiger partial charge in [-0.05, 0) is 53.9 Å². The maximum atomic E-state index is 13.4. The molecule has 5 nitrogen and oxygen atoms in total. The Balaban J connectivity index is 1.52. The number of hydrazone groups is 1. The van der Waals surface area contributed by atoms with Gasteiger partial charge in [-0.25, -0.2) is 0 Å². The van der Waals surface area contributed by atoms with E-state index in [1.165, 1.54) is 5.56 Å². The van der Waals surface area contributed by atoms with Crippen molar-refractivity contribution in [2.45, 2.75) is 18.9 Å². The summed E-state index contributed by atoms with van der Waals surface area (Å²) in [7, 11) is 0. The summed E-state index contributed by atoms with van der Waals surface area (Å²) in [5, 5.41) is 17.2. The lowest BCUT2D eigenvalue weighted by atomic mass is 10.0. The second-order valence-corrected chi connectivity index (χ2v) is 8.48. The molecule has 1 unspecified atom stereocenters. The molecule has 3 aromatic carbocycles. The number of fused-ring (bicyclic) bond motifs is 1. The lowest BCUT2D eigenvalue weighted by Crippen LogP contribution is -2.34. The van der Waals surface area contributed by atoms with E-state index in [4.69, 9.17) is 28.3 Å². The third-order valence-electron chi connectivity index (χ3n) is 5.72. The van der Waals surface area contributed by atoms with Crippen LogP contribution in [-0.2, 0) is 11.2 Å². The van der Waals surface area contributed by atoms with E-state index in [-0.39, 0.29) is 17.7 Å². The third kappa shape index (κ3) is 3.64. The van der Waals surface area contributed by atoms with Gasteiger partial charge in [0.05, 0.1) is 16.8 Å². The molecule has 1 N–H and O–H groups in total. The molecule has 0 fully saturated rings. The highest BCUT2D eigenvalue weighted by Gasteiger charge is 2.36. The summed E-state index contributed by atoms with van der Waals surface area (Å²) in [5.41, 5.74) is 4.19. The number of hydrogen-bond acceptors (Lipinski definition) is 4. The summed E-state index contributed by atoms with van der Waals surface area (Å²) in [6.07, 6.45) is 1.27. The van der Waals surface area contributed by atoms with Gasteiger partial charge in [-0.15, -0.1) is 0 Å². The van der Waals surface area contributed by atoms with E-state index in [2.05, 4.69) is 6.07 Å². The van der Waals surface area contributed by atoms with Crippen molar-refractivity contribution in [1.82, 2.24) is 0 Å². The summed E-state index contributed by atoms with van der Waals surface area (Å²) in [5.74, 6) is 0.0880. The van der Waals surface area contributed by atoms with Gasteiger partial charge in [0.2, 0.25) is 0 Å². The molecule has 0 aromatic heterocycles. The van der Waals surface area contributed by atoms with Gasteiger partial charge in [-0.2, -0.15) is 5.10 Å². The number of nitrogens with zero attached hydrogens (tertiary/aromatic N) is 3. The predicted octanol–water partition coefficient (Wildman–Crippen LogP) is 5.60. The number of benzene rings is 3. The SMILES string of the molecule is O=C(C1=NN(c2ccc(Cl)cc2Cl)C(c2ccc(O)cc2)C1)N1CCc2ccccc21. The van der Waals surface area contributed by atoms with Crippen molar-refractivity contribution < 1.29 is 9.90 Å². The van der Waals surface area contributed by atoms with Crippen molar-refractivity contribution in [3.63, 3.8) is 0 Å². The van der Waals surface area contributed by atoms with Crippen LogP contribution < -0.4 is 9.91 Å². The smallest absolute Gasteiger partial charge is 0.274 e. The zero-order chi connectivity index (χ0) is 21.5. The Kier molecular flexibility index (Phi) is 5.08. The third-order valence-corrected chi connectivity index (χ3v) is 6.26. The van der Waals surface area contributed by atoms with Crippen LogP contribution in [0.2, 0.25) is 10.0 Å². The van der Waals surface area contributed by atoms with Crippen LogP contribution in [0.25, 0.3) is 0 Å². The van der Waals surface area contributed by atoms with Gasteiger partial charge in [0, 0.05) is 23.7 Å². The second-order valence-electron chi connectivity index (χ2n) is 7.63. The molecule has 0 saturated heterocycles. The lowest BCUT2D eigenvalue weighted by molar-refractivity contribution is -0.112. The zero-order valence-corrected chi connectivity index (χ0v) is 18.0. The Bertz CT molecular complexity index is 1190. The van der Waals surface area contributed by atoms with E-state index in [0.717, 1.165) is 17.7 Å². The number of rotatable bonds is 3. The van der Waals surface area contributed by atoms with Gasteiger partial charge >= 0.3 is 0 Å².